The molecule has 0 spiro atoms. The smallest absolute Gasteiger partial charge is 0.251 e. The SMILES string of the molecule is CC1(CO)Cc2cc(N)c(N3CCN(CC(F)F)CC3)cc2O1. The molecule has 23 heavy (non-hydrogen) atoms. The average molecular weight is 327 g/mol. The molecule has 5 nitrogen and oxygen atoms in total. The van der Waals surface area contributed by atoms with Gasteiger partial charge >= 0.3 is 0 Å². The summed E-state index contributed by atoms with van der Waals surface area (Å²) in [5, 5.41) is 9.45. The summed E-state index contributed by atoms with van der Waals surface area (Å²) >= 11 is 0. The van der Waals surface area contributed by atoms with Gasteiger partial charge < -0.3 is 20.5 Å². The molecule has 0 bridgehead atoms. The van der Waals surface area contributed by atoms with Crippen molar-refractivity contribution in [1.29, 1.82) is 0 Å². The predicted molar refractivity (Wildman–Crippen MR) is 85.3 cm³/mol. The van der Waals surface area contributed by atoms with Gasteiger partial charge in [0, 0.05) is 44.2 Å². The first-order valence-corrected chi connectivity index (χ1v) is 7.88. The Kier molecular flexibility index (Phi) is 4.33. The van der Waals surface area contributed by atoms with Crippen LogP contribution in [0.5, 0.6) is 5.75 Å². The van der Waals surface area contributed by atoms with Gasteiger partial charge in [-0.1, -0.05) is 0 Å². The molecule has 0 aliphatic carbocycles. The molecule has 0 amide bonds. The molecule has 1 aromatic rings. The second-order valence-electron chi connectivity index (χ2n) is 6.58. The maximum atomic E-state index is 12.4. The van der Waals surface area contributed by atoms with E-state index in [1.807, 2.05) is 19.1 Å². The molecule has 1 saturated heterocycles. The molecule has 2 heterocycles. The van der Waals surface area contributed by atoms with Crippen molar-refractivity contribution in [2.45, 2.75) is 25.4 Å². The number of aliphatic hydroxyl groups excluding tert-OH is 1. The Labute approximate surface area is 134 Å². The summed E-state index contributed by atoms with van der Waals surface area (Å²) in [6.45, 7) is 4.15. The molecule has 128 valence electrons. The molecular weight excluding hydrogens is 304 g/mol. The van der Waals surface area contributed by atoms with Gasteiger partial charge in [0.25, 0.3) is 6.43 Å². The lowest BCUT2D eigenvalue weighted by Crippen LogP contribution is -2.48. The molecule has 2 aliphatic rings. The lowest BCUT2D eigenvalue weighted by Gasteiger charge is -2.36. The third kappa shape index (κ3) is 3.35. The molecule has 0 saturated carbocycles. The Bertz CT molecular complexity index is 577. The molecule has 1 fully saturated rings. The van der Waals surface area contributed by atoms with Crippen LogP contribution < -0.4 is 15.4 Å². The monoisotopic (exact) mass is 327 g/mol. The number of fused-ring (bicyclic) bond motifs is 1. The van der Waals surface area contributed by atoms with Crippen molar-refractivity contribution in [2.24, 2.45) is 0 Å². The van der Waals surface area contributed by atoms with E-state index in [0.717, 1.165) is 17.0 Å². The van der Waals surface area contributed by atoms with E-state index in [2.05, 4.69) is 4.90 Å². The van der Waals surface area contributed by atoms with Crippen LogP contribution in [-0.2, 0) is 6.42 Å². The number of rotatable bonds is 4. The molecule has 0 aromatic heterocycles. The Hall–Kier alpha value is -1.60. The summed E-state index contributed by atoms with van der Waals surface area (Å²) in [6.07, 6.45) is -1.66. The van der Waals surface area contributed by atoms with Gasteiger partial charge in [0.1, 0.15) is 11.4 Å². The van der Waals surface area contributed by atoms with Gasteiger partial charge in [-0.15, -0.1) is 0 Å². The van der Waals surface area contributed by atoms with Crippen LogP contribution >= 0.6 is 0 Å². The summed E-state index contributed by atoms with van der Waals surface area (Å²) in [6, 6.07) is 3.81. The zero-order valence-corrected chi connectivity index (χ0v) is 13.3. The molecule has 1 aromatic carbocycles. The number of halogens is 2. The molecule has 2 aliphatic heterocycles. The van der Waals surface area contributed by atoms with Gasteiger partial charge in [-0.2, -0.15) is 0 Å². The normalized spacial score (nSPS) is 24.8. The highest BCUT2D eigenvalue weighted by Crippen LogP contribution is 2.40. The minimum atomic E-state index is -2.30. The first-order chi connectivity index (χ1) is 10.9. The Morgan fingerprint density at radius 2 is 2.00 bits per heavy atom. The van der Waals surface area contributed by atoms with Gasteiger partial charge in [-0.25, -0.2) is 8.78 Å². The molecular formula is C16H23F2N3O2. The summed E-state index contributed by atoms with van der Waals surface area (Å²) < 4.78 is 30.8. The molecule has 1 atom stereocenters. The number of piperazine rings is 1. The van der Waals surface area contributed by atoms with E-state index >= 15 is 0 Å². The highest BCUT2D eigenvalue weighted by atomic mass is 19.3. The second-order valence-corrected chi connectivity index (χ2v) is 6.58. The average Bonchev–Trinajstić information content (AvgIpc) is 2.83. The van der Waals surface area contributed by atoms with Crippen LogP contribution in [0.4, 0.5) is 20.2 Å². The number of hydrogen-bond donors (Lipinski definition) is 2. The number of benzene rings is 1. The van der Waals surface area contributed by atoms with Gasteiger partial charge in [0.2, 0.25) is 0 Å². The maximum Gasteiger partial charge on any atom is 0.251 e. The lowest BCUT2D eigenvalue weighted by atomic mass is 9.99. The van der Waals surface area contributed by atoms with Gasteiger partial charge in [0.05, 0.1) is 24.5 Å². The Balaban J connectivity index is 1.72. The quantitative estimate of drug-likeness (QED) is 0.817. The summed E-state index contributed by atoms with van der Waals surface area (Å²) in [5.74, 6) is 0.751. The van der Waals surface area contributed by atoms with Crippen molar-refractivity contribution in [1.82, 2.24) is 4.90 Å². The minimum Gasteiger partial charge on any atom is -0.484 e. The van der Waals surface area contributed by atoms with Crippen LogP contribution in [0.25, 0.3) is 0 Å². The first kappa shape index (κ1) is 16.3. The Morgan fingerprint density at radius 3 is 2.61 bits per heavy atom. The van der Waals surface area contributed by atoms with Crippen LogP contribution in [0.1, 0.15) is 12.5 Å². The fourth-order valence-corrected chi connectivity index (χ4v) is 3.30. The standard InChI is InChI=1S/C16H23F2N3O2/c1-16(10-22)8-11-6-12(19)13(7-14(11)23-16)21-4-2-20(3-5-21)9-15(17)18/h6-7,15,22H,2-5,8-10,19H2,1H3. The van der Waals surface area contributed by atoms with Crippen molar-refractivity contribution in [3.63, 3.8) is 0 Å². The zero-order valence-electron chi connectivity index (χ0n) is 13.3. The van der Waals surface area contributed by atoms with Crippen LogP contribution in [-0.4, -0.2) is 61.4 Å². The molecule has 3 N–H and O–H groups in total. The molecule has 1 unspecified atom stereocenters. The minimum absolute atomic E-state index is 0.0524. The first-order valence-electron chi connectivity index (χ1n) is 7.88. The number of alkyl halides is 2. The topological polar surface area (TPSA) is 62.0 Å². The van der Waals surface area contributed by atoms with E-state index in [0.29, 0.717) is 38.3 Å². The van der Waals surface area contributed by atoms with Crippen molar-refractivity contribution in [2.75, 3.05) is 50.0 Å². The maximum absolute atomic E-state index is 12.4. The van der Waals surface area contributed by atoms with Crippen LogP contribution in [0.3, 0.4) is 0 Å². The second kappa shape index (κ2) is 6.13. The van der Waals surface area contributed by atoms with E-state index in [9.17, 15) is 13.9 Å². The molecule has 3 rings (SSSR count). The van der Waals surface area contributed by atoms with Gasteiger partial charge in [-0.05, 0) is 13.0 Å². The number of nitrogen functional groups attached to an aromatic ring is 1. The van der Waals surface area contributed by atoms with Crippen molar-refractivity contribution in [3.8, 4) is 5.75 Å². The van der Waals surface area contributed by atoms with Crippen LogP contribution in [0, 0.1) is 0 Å². The predicted octanol–water partition coefficient (Wildman–Crippen LogP) is 1.34. The number of aliphatic hydroxyl groups is 1. The third-order valence-electron chi connectivity index (χ3n) is 4.57. The summed E-state index contributed by atoms with van der Waals surface area (Å²) in [5.41, 5.74) is 8.12. The van der Waals surface area contributed by atoms with E-state index in [1.165, 1.54) is 0 Å². The largest absolute Gasteiger partial charge is 0.484 e. The third-order valence-corrected chi connectivity index (χ3v) is 4.57. The lowest BCUT2D eigenvalue weighted by molar-refractivity contribution is 0.0447. The van der Waals surface area contributed by atoms with E-state index in [4.69, 9.17) is 10.5 Å². The van der Waals surface area contributed by atoms with Crippen molar-refractivity contribution in [3.05, 3.63) is 17.7 Å². The summed E-state index contributed by atoms with van der Waals surface area (Å²) in [4.78, 5) is 3.87. The molecule has 0 radical (unpaired) electrons. The van der Waals surface area contributed by atoms with Crippen LogP contribution in [0.15, 0.2) is 12.1 Å². The molecule has 7 heteroatoms. The van der Waals surface area contributed by atoms with Crippen molar-refractivity contribution < 1.29 is 18.6 Å². The number of nitrogens with zero attached hydrogens (tertiary/aromatic N) is 2. The summed E-state index contributed by atoms with van der Waals surface area (Å²) in [7, 11) is 0. The van der Waals surface area contributed by atoms with Crippen molar-refractivity contribution >= 4 is 11.4 Å². The number of anilines is 2. The number of nitrogens with two attached hydrogens (primary N) is 1. The van der Waals surface area contributed by atoms with Crippen LogP contribution in [0.2, 0.25) is 0 Å². The fourth-order valence-electron chi connectivity index (χ4n) is 3.30. The van der Waals surface area contributed by atoms with Gasteiger partial charge in [0.15, 0.2) is 0 Å². The fraction of sp³-hybridized carbons (Fsp3) is 0.625. The zero-order chi connectivity index (χ0) is 16.6. The number of ether oxygens (including phenoxy) is 1. The van der Waals surface area contributed by atoms with E-state index in [-0.39, 0.29) is 13.2 Å². The van der Waals surface area contributed by atoms with E-state index < -0.39 is 12.0 Å². The van der Waals surface area contributed by atoms with Gasteiger partial charge in [-0.3, -0.25) is 4.90 Å². The van der Waals surface area contributed by atoms with E-state index in [1.54, 1.807) is 4.90 Å². The highest BCUT2D eigenvalue weighted by molar-refractivity contribution is 5.72. The Morgan fingerprint density at radius 1 is 1.30 bits per heavy atom. The highest BCUT2D eigenvalue weighted by Gasteiger charge is 2.35. The number of hydrogen-bond acceptors (Lipinski definition) is 5.